The molecule has 21 heavy (non-hydrogen) atoms. The molecule has 1 unspecified atom stereocenters. The Morgan fingerprint density at radius 2 is 2.10 bits per heavy atom. The Balaban J connectivity index is 2.40. The molecular weight excluding hydrogens is 264 g/mol. The van der Waals surface area contributed by atoms with Gasteiger partial charge in [-0.15, -0.1) is 0 Å². The number of ether oxygens (including phenoxy) is 1. The van der Waals surface area contributed by atoms with Crippen molar-refractivity contribution in [2.45, 2.75) is 26.8 Å². The average Bonchev–Trinajstić information content (AvgIpc) is 2.72. The number of nitriles is 1. The van der Waals surface area contributed by atoms with Crippen molar-refractivity contribution in [1.29, 1.82) is 5.26 Å². The molecule has 0 aliphatic carbocycles. The van der Waals surface area contributed by atoms with E-state index in [0.29, 0.717) is 11.3 Å². The molecule has 0 fully saturated rings. The number of hydrogen-bond acceptors (Lipinski definition) is 4. The summed E-state index contributed by atoms with van der Waals surface area (Å²) in [4.78, 5) is 0. The molecule has 1 aromatic heterocycles. The van der Waals surface area contributed by atoms with Gasteiger partial charge in [0, 0.05) is 18.3 Å². The van der Waals surface area contributed by atoms with E-state index in [1.54, 1.807) is 13.2 Å². The molecule has 0 saturated carbocycles. The van der Waals surface area contributed by atoms with Crippen LogP contribution in [0.1, 0.15) is 35.5 Å². The van der Waals surface area contributed by atoms with Crippen LogP contribution < -0.4 is 10.1 Å². The van der Waals surface area contributed by atoms with E-state index in [1.165, 1.54) is 0 Å². The number of aryl methyl sites for hydroxylation is 2. The summed E-state index contributed by atoms with van der Waals surface area (Å²) in [5.41, 5.74) is 4.54. The molecule has 0 radical (unpaired) electrons. The molecule has 1 N–H and O–H groups in total. The van der Waals surface area contributed by atoms with Crippen molar-refractivity contribution in [1.82, 2.24) is 9.78 Å². The summed E-state index contributed by atoms with van der Waals surface area (Å²) in [6.45, 7) is 6.10. The lowest BCUT2D eigenvalue weighted by Gasteiger charge is -2.19. The first kappa shape index (κ1) is 14.9. The normalized spacial score (nSPS) is 11.8. The number of aromatic nitrogens is 2. The van der Waals surface area contributed by atoms with Crippen molar-refractivity contribution in [2.24, 2.45) is 7.05 Å². The van der Waals surface area contributed by atoms with Crippen molar-refractivity contribution in [3.8, 4) is 11.8 Å². The maximum Gasteiger partial charge on any atom is 0.143 e. The first-order valence-electron chi connectivity index (χ1n) is 6.83. The van der Waals surface area contributed by atoms with E-state index in [9.17, 15) is 5.26 Å². The number of benzene rings is 1. The summed E-state index contributed by atoms with van der Waals surface area (Å²) in [6, 6.07) is 7.67. The summed E-state index contributed by atoms with van der Waals surface area (Å²) in [6.07, 6.45) is 0. The van der Waals surface area contributed by atoms with E-state index in [1.807, 2.05) is 37.7 Å². The fraction of sp³-hybridized carbons (Fsp3) is 0.375. The molecule has 1 heterocycles. The number of nitrogens with one attached hydrogen (secondary N) is 1. The highest BCUT2D eigenvalue weighted by Crippen LogP contribution is 2.32. The second kappa shape index (κ2) is 5.88. The van der Waals surface area contributed by atoms with Crippen LogP contribution in [0, 0.1) is 25.2 Å². The third-order valence-corrected chi connectivity index (χ3v) is 3.73. The molecular formula is C16H20N4O. The van der Waals surface area contributed by atoms with Crippen LogP contribution in [-0.2, 0) is 7.05 Å². The molecule has 0 amide bonds. The molecule has 0 aliphatic rings. The van der Waals surface area contributed by atoms with Gasteiger partial charge in [0.05, 0.1) is 30.1 Å². The molecule has 5 heteroatoms. The van der Waals surface area contributed by atoms with Crippen LogP contribution >= 0.6 is 0 Å². The topological polar surface area (TPSA) is 62.9 Å². The van der Waals surface area contributed by atoms with Crippen LogP contribution in [0.2, 0.25) is 0 Å². The van der Waals surface area contributed by atoms with E-state index in [4.69, 9.17) is 4.74 Å². The Hall–Kier alpha value is -2.48. The third-order valence-electron chi connectivity index (χ3n) is 3.73. The van der Waals surface area contributed by atoms with E-state index in [0.717, 1.165) is 22.6 Å². The Bertz CT molecular complexity index is 697. The molecule has 2 rings (SSSR count). The number of nitrogens with zero attached hydrogens (tertiary/aromatic N) is 3. The molecule has 5 nitrogen and oxygen atoms in total. The van der Waals surface area contributed by atoms with Crippen LogP contribution in [0.3, 0.4) is 0 Å². The van der Waals surface area contributed by atoms with Gasteiger partial charge in [-0.1, -0.05) is 6.07 Å². The molecule has 1 aromatic carbocycles. The lowest BCUT2D eigenvalue weighted by Crippen LogP contribution is -2.11. The number of methoxy groups -OCH3 is 1. The highest BCUT2D eigenvalue weighted by atomic mass is 16.5. The van der Waals surface area contributed by atoms with Crippen LogP contribution in [-0.4, -0.2) is 16.9 Å². The van der Waals surface area contributed by atoms with Crippen LogP contribution in [0.15, 0.2) is 18.2 Å². The Kier molecular flexibility index (Phi) is 4.18. The van der Waals surface area contributed by atoms with Gasteiger partial charge in [-0.3, -0.25) is 4.68 Å². The van der Waals surface area contributed by atoms with E-state index in [-0.39, 0.29) is 6.04 Å². The van der Waals surface area contributed by atoms with Gasteiger partial charge >= 0.3 is 0 Å². The fourth-order valence-electron chi connectivity index (χ4n) is 2.65. The number of hydrogen-bond donors (Lipinski definition) is 1. The van der Waals surface area contributed by atoms with Crippen LogP contribution in [0.4, 0.5) is 5.69 Å². The minimum absolute atomic E-state index is 0.0297. The van der Waals surface area contributed by atoms with Gasteiger partial charge in [-0.25, -0.2) is 0 Å². The quantitative estimate of drug-likeness (QED) is 0.937. The molecule has 0 aliphatic heterocycles. The smallest absolute Gasteiger partial charge is 0.143 e. The highest BCUT2D eigenvalue weighted by molar-refractivity contribution is 5.67. The van der Waals surface area contributed by atoms with Crippen LogP contribution in [0.5, 0.6) is 5.75 Å². The SMILES string of the molecule is COc1cccc(C#N)c1NC(C)c1c(C)nn(C)c1C. The minimum atomic E-state index is 0.0297. The molecule has 0 bridgehead atoms. The van der Waals surface area contributed by atoms with Gasteiger partial charge in [-0.2, -0.15) is 10.4 Å². The summed E-state index contributed by atoms with van der Waals surface area (Å²) < 4.78 is 7.23. The van der Waals surface area contributed by atoms with E-state index >= 15 is 0 Å². The first-order valence-corrected chi connectivity index (χ1v) is 6.83. The maximum atomic E-state index is 9.27. The van der Waals surface area contributed by atoms with Crippen molar-refractivity contribution >= 4 is 5.69 Å². The van der Waals surface area contributed by atoms with Crippen molar-refractivity contribution < 1.29 is 4.74 Å². The van der Waals surface area contributed by atoms with Gasteiger partial charge in [-0.05, 0) is 32.9 Å². The molecule has 0 spiro atoms. The third kappa shape index (κ3) is 2.70. The Morgan fingerprint density at radius 3 is 2.62 bits per heavy atom. The molecule has 110 valence electrons. The predicted octanol–water partition coefficient (Wildman–Crippen LogP) is 3.09. The second-order valence-electron chi connectivity index (χ2n) is 5.07. The molecule has 2 aromatic rings. The number of anilines is 1. The first-order chi connectivity index (χ1) is 9.99. The number of rotatable bonds is 4. The summed E-state index contributed by atoms with van der Waals surface area (Å²) in [5, 5.41) is 17.1. The Labute approximate surface area is 125 Å². The van der Waals surface area contributed by atoms with Crippen LogP contribution in [0.25, 0.3) is 0 Å². The zero-order chi connectivity index (χ0) is 15.6. The van der Waals surface area contributed by atoms with Crippen molar-refractivity contribution in [3.63, 3.8) is 0 Å². The highest BCUT2D eigenvalue weighted by Gasteiger charge is 2.19. The minimum Gasteiger partial charge on any atom is -0.495 e. The fourth-order valence-corrected chi connectivity index (χ4v) is 2.65. The van der Waals surface area contributed by atoms with E-state index < -0.39 is 0 Å². The largest absolute Gasteiger partial charge is 0.495 e. The van der Waals surface area contributed by atoms with Crippen molar-refractivity contribution in [2.75, 3.05) is 12.4 Å². The zero-order valence-corrected chi connectivity index (χ0v) is 13.1. The number of para-hydroxylation sites is 1. The van der Waals surface area contributed by atoms with Gasteiger partial charge in [0.2, 0.25) is 0 Å². The van der Waals surface area contributed by atoms with E-state index in [2.05, 4.69) is 23.4 Å². The Morgan fingerprint density at radius 1 is 1.38 bits per heavy atom. The predicted molar refractivity (Wildman–Crippen MR) is 82.4 cm³/mol. The lowest BCUT2D eigenvalue weighted by molar-refractivity contribution is 0.416. The average molecular weight is 284 g/mol. The van der Waals surface area contributed by atoms with Gasteiger partial charge < -0.3 is 10.1 Å². The molecule has 1 atom stereocenters. The lowest BCUT2D eigenvalue weighted by atomic mass is 10.0. The van der Waals surface area contributed by atoms with Gasteiger partial charge in [0.25, 0.3) is 0 Å². The summed E-state index contributed by atoms with van der Waals surface area (Å²) in [7, 11) is 3.54. The van der Waals surface area contributed by atoms with Crippen molar-refractivity contribution in [3.05, 3.63) is 40.7 Å². The summed E-state index contributed by atoms with van der Waals surface area (Å²) in [5.74, 6) is 0.667. The summed E-state index contributed by atoms with van der Waals surface area (Å²) >= 11 is 0. The standard InChI is InChI=1S/C16H20N4O/c1-10(15-11(2)19-20(4)12(15)3)18-16-13(9-17)7-6-8-14(16)21-5/h6-8,10,18H,1-5H3. The second-order valence-corrected chi connectivity index (χ2v) is 5.07. The van der Waals surface area contributed by atoms with Gasteiger partial charge in [0.15, 0.2) is 0 Å². The monoisotopic (exact) mass is 284 g/mol. The molecule has 0 saturated heterocycles. The maximum absolute atomic E-state index is 9.27. The van der Waals surface area contributed by atoms with Gasteiger partial charge in [0.1, 0.15) is 11.8 Å². The zero-order valence-electron chi connectivity index (χ0n) is 13.1.